The smallest absolute Gasteiger partial charge is 0.311 e. The molecule has 42 heavy (non-hydrogen) atoms. The summed E-state index contributed by atoms with van der Waals surface area (Å²) in [6.07, 6.45) is 13.6. The van der Waals surface area contributed by atoms with Gasteiger partial charge in [-0.3, -0.25) is 14.4 Å². The molecule has 9 aliphatic rings. The highest BCUT2D eigenvalue weighted by Crippen LogP contribution is 2.61. The summed E-state index contributed by atoms with van der Waals surface area (Å²) in [4.78, 5) is 41.1. The van der Waals surface area contributed by atoms with Crippen LogP contribution in [-0.2, 0) is 28.6 Å². The van der Waals surface area contributed by atoms with Crippen LogP contribution >= 0.6 is 0 Å². The summed E-state index contributed by atoms with van der Waals surface area (Å²) < 4.78 is 19.2. The van der Waals surface area contributed by atoms with Crippen molar-refractivity contribution in [1.29, 1.82) is 0 Å². The molecule has 6 nitrogen and oxygen atoms in total. The normalized spacial score (nSPS) is 48.6. The third-order valence-electron chi connectivity index (χ3n) is 14.2. The van der Waals surface area contributed by atoms with Gasteiger partial charge in [0.25, 0.3) is 0 Å². The number of hydrogen-bond donors (Lipinski definition) is 0. The van der Waals surface area contributed by atoms with Crippen LogP contribution in [0.15, 0.2) is 0 Å². The Hall–Kier alpha value is -1.59. The molecule has 0 radical (unpaired) electrons. The molecule has 0 aliphatic heterocycles. The molecule has 8 bridgehead atoms. The highest BCUT2D eigenvalue weighted by molar-refractivity contribution is 5.78. The van der Waals surface area contributed by atoms with Gasteiger partial charge in [0.05, 0.1) is 17.3 Å². The Balaban J connectivity index is 1.08. The van der Waals surface area contributed by atoms with Crippen molar-refractivity contribution in [2.45, 2.75) is 142 Å². The lowest BCUT2D eigenvalue weighted by atomic mass is 9.50. The summed E-state index contributed by atoms with van der Waals surface area (Å²) in [5.41, 5.74) is -1.43. The van der Waals surface area contributed by atoms with E-state index in [1.54, 1.807) is 0 Å². The van der Waals surface area contributed by atoms with E-state index < -0.39 is 34.6 Å². The summed E-state index contributed by atoms with van der Waals surface area (Å²) in [5.74, 6) is 3.40. The third kappa shape index (κ3) is 4.84. The quantitative estimate of drug-likeness (QED) is 0.232. The first-order chi connectivity index (χ1) is 19.9. The molecule has 0 spiro atoms. The van der Waals surface area contributed by atoms with Crippen molar-refractivity contribution in [2.24, 2.45) is 64.6 Å². The molecule has 0 saturated heterocycles. The average Bonchev–Trinajstić information content (AvgIpc) is 2.94. The molecule has 9 fully saturated rings. The van der Waals surface area contributed by atoms with Crippen LogP contribution in [0, 0.1) is 64.6 Å². The number of carbonyl (C=O) groups excluding carboxylic acids is 3. The standard InChI is InChI=1S/C36H54O6/c1-6-34(2,3)33(39)40-30-18-24(31(37)41-35(4)26-9-20-7-21(11-26)12-27(35)10-20)17-25(19-30)32(38)42-36(5)28-13-22-8-23(15-28)16-29(36)14-22/h20-30H,6-19H2,1-5H3. The largest absolute Gasteiger partial charge is 0.462 e. The number of esters is 3. The predicted molar refractivity (Wildman–Crippen MR) is 158 cm³/mol. The zero-order valence-corrected chi connectivity index (χ0v) is 26.7. The van der Waals surface area contributed by atoms with Gasteiger partial charge in [0.1, 0.15) is 17.3 Å². The van der Waals surface area contributed by atoms with Crippen molar-refractivity contribution in [1.82, 2.24) is 0 Å². The fourth-order valence-corrected chi connectivity index (χ4v) is 11.4. The Morgan fingerprint density at radius 3 is 1.29 bits per heavy atom. The molecule has 6 heteroatoms. The van der Waals surface area contributed by atoms with E-state index in [0.717, 1.165) is 23.7 Å². The predicted octanol–water partition coefficient (Wildman–Crippen LogP) is 7.27. The molecule has 9 aliphatic carbocycles. The van der Waals surface area contributed by atoms with Gasteiger partial charge in [-0.1, -0.05) is 6.92 Å². The SMILES string of the molecule is CCC(C)(C)C(=O)OC1CC(C(=O)OC2(C)C3CC4CC(C3)CC2C4)CC(C(=O)OC2(C)C3CC4CC(C3)CC2C4)C1. The first kappa shape index (κ1) is 29.1. The van der Waals surface area contributed by atoms with Crippen molar-refractivity contribution in [2.75, 3.05) is 0 Å². The lowest BCUT2D eigenvalue weighted by molar-refractivity contribution is -0.214. The lowest BCUT2D eigenvalue weighted by Gasteiger charge is -2.59. The number of rotatable bonds is 7. The second kappa shape index (κ2) is 10.2. The van der Waals surface area contributed by atoms with Crippen LogP contribution in [-0.4, -0.2) is 35.2 Å². The van der Waals surface area contributed by atoms with Crippen LogP contribution in [0.4, 0.5) is 0 Å². The van der Waals surface area contributed by atoms with Crippen molar-refractivity contribution >= 4 is 17.9 Å². The second-order valence-electron chi connectivity index (χ2n) is 17.2. The van der Waals surface area contributed by atoms with E-state index in [0.29, 0.717) is 49.4 Å². The number of hydrogen-bond acceptors (Lipinski definition) is 6. The lowest BCUT2D eigenvalue weighted by Crippen LogP contribution is -2.59. The summed E-state index contributed by atoms with van der Waals surface area (Å²) in [5, 5.41) is 0. The van der Waals surface area contributed by atoms with E-state index in [4.69, 9.17) is 14.2 Å². The Morgan fingerprint density at radius 2 is 0.952 bits per heavy atom. The Morgan fingerprint density at radius 1 is 0.595 bits per heavy atom. The molecule has 9 rings (SSSR count). The minimum atomic E-state index is -0.606. The van der Waals surface area contributed by atoms with Gasteiger partial charge in [-0.25, -0.2) is 0 Å². The molecule has 0 N–H and O–H groups in total. The maximum atomic E-state index is 14.0. The molecule has 0 aromatic heterocycles. The van der Waals surface area contributed by atoms with Gasteiger partial charge >= 0.3 is 17.9 Å². The van der Waals surface area contributed by atoms with E-state index >= 15 is 0 Å². The molecular weight excluding hydrogens is 528 g/mol. The Kier molecular flexibility index (Phi) is 7.09. The molecule has 2 unspecified atom stereocenters. The van der Waals surface area contributed by atoms with Gasteiger partial charge < -0.3 is 14.2 Å². The van der Waals surface area contributed by atoms with Crippen LogP contribution < -0.4 is 0 Å². The molecule has 234 valence electrons. The maximum absolute atomic E-state index is 14.0. The first-order valence-corrected chi connectivity index (χ1v) is 17.5. The summed E-state index contributed by atoms with van der Waals surface area (Å²) in [6.45, 7) is 10.1. The van der Waals surface area contributed by atoms with Gasteiger partial charge in [-0.15, -0.1) is 0 Å². The van der Waals surface area contributed by atoms with Gasteiger partial charge in [-0.2, -0.15) is 0 Å². The van der Waals surface area contributed by atoms with Crippen LogP contribution in [0.2, 0.25) is 0 Å². The minimum absolute atomic E-state index is 0.195. The number of carbonyl (C=O) groups is 3. The number of ether oxygens (including phenoxy) is 3. The summed E-state index contributed by atoms with van der Waals surface area (Å²) >= 11 is 0. The highest BCUT2D eigenvalue weighted by atomic mass is 16.6. The second-order valence-corrected chi connectivity index (χ2v) is 17.2. The molecule has 9 saturated carbocycles. The highest BCUT2D eigenvalue weighted by Gasteiger charge is 2.59. The monoisotopic (exact) mass is 582 g/mol. The van der Waals surface area contributed by atoms with Crippen LogP contribution in [0.3, 0.4) is 0 Å². The fourth-order valence-electron chi connectivity index (χ4n) is 11.4. The van der Waals surface area contributed by atoms with E-state index in [1.165, 1.54) is 64.2 Å². The van der Waals surface area contributed by atoms with E-state index in [9.17, 15) is 14.4 Å². The summed E-state index contributed by atoms with van der Waals surface area (Å²) in [7, 11) is 0. The fraction of sp³-hybridized carbons (Fsp3) is 0.917. The van der Waals surface area contributed by atoms with Gasteiger partial charge in [0.2, 0.25) is 0 Å². The summed E-state index contributed by atoms with van der Waals surface area (Å²) in [6, 6.07) is 0. The van der Waals surface area contributed by atoms with Crippen LogP contribution in [0.1, 0.15) is 125 Å². The molecule has 0 aromatic carbocycles. The molecule has 0 amide bonds. The average molecular weight is 583 g/mol. The zero-order chi connectivity index (χ0) is 29.6. The first-order valence-electron chi connectivity index (χ1n) is 17.5. The minimum Gasteiger partial charge on any atom is -0.462 e. The molecule has 0 heterocycles. The third-order valence-corrected chi connectivity index (χ3v) is 14.2. The Labute approximate surface area is 252 Å². The van der Waals surface area contributed by atoms with Crippen molar-refractivity contribution in [3.05, 3.63) is 0 Å². The van der Waals surface area contributed by atoms with Crippen molar-refractivity contribution in [3.63, 3.8) is 0 Å². The topological polar surface area (TPSA) is 78.9 Å². The van der Waals surface area contributed by atoms with E-state index in [-0.39, 0.29) is 17.9 Å². The molecule has 2 atom stereocenters. The van der Waals surface area contributed by atoms with E-state index in [1.807, 2.05) is 20.8 Å². The Bertz CT molecular complexity index is 980. The maximum Gasteiger partial charge on any atom is 0.311 e. The van der Waals surface area contributed by atoms with E-state index in [2.05, 4.69) is 13.8 Å². The van der Waals surface area contributed by atoms with Crippen LogP contribution in [0.25, 0.3) is 0 Å². The van der Waals surface area contributed by atoms with Gasteiger partial charge in [-0.05, 0) is 165 Å². The van der Waals surface area contributed by atoms with Crippen molar-refractivity contribution < 1.29 is 28.6 Å². The van der Waals surface area contributed by atoms with Crippen LogP contribution in [0.5, 0.6) is 0 Å². The molecule has 0 aromatic rings. The molecular formula is C36H54O6. The zero-order valence-electron chi connectivity index (χ0n) is 26.7. The van der Waals surface area contributed by atoms with Gasteiger partial charge in [0.15, 0.2) is 0 Å². The van der Waals surface area contributed by atoms with Crippen molar-refractivity contribution in [3.8, 4) is 0 Å². The van der Waals surface area contributed by atoms with Gasteiger partial charge in [0, 0.05) is 0 Å².